The van der Waals surface area contributed by atoms with E-state index in [2.05, 4.69) is 37.2 Å². The average Bonchev–Trinajstić information content (AvgIpc) is 2.34. The van der Waals surface area contributed by atoms with Crippen LogP contribution in [0.2, 0.25) is 10.0 Å². The summed E-state index contributed by atoms with van der Waals surface area (Å²) < 4.78 is 1.46. The molecule has 0 fully saturated rings. The van der Waals surface area contributed by atoms with Crippen LogP contribution in [0.1, 0.15) is 10.4 Å². The van der Waals surface area contributed by atoms with Crippen LogP contribution in [0, 0.1) is 0 Å². The first kappa shape index (κ1) is 14.9. The first-order valence-electron chi connectivity index (χ1n) is 5.19. The van der Waals surface area contributed by atoms with Gasteiger partial charge in [-0.1, -0.05) is 51.3 Å². The first-order chi connectivity index (χ1) is 8.99. The second-order valence-electron chi connectivity index (χ2n) is 3.68. The lowest BCUT2D eigenvalue weighted by Gasteiger charge is -2.10. The predicted molar refractivity (Wildman–Crippen MR) is 86.3 cm³/mol. The number of benzene rings is 2. The van der Waals surface area contributed by atoms with E-state index >= 15 is 0 Å². The summed E-state index contributed by atoms with van der Waals surface area (Å²) in [4.78, 5) is 12.2. The van der Waals surface area contributed by atoms with Crippen LogP contribution >= 0.6 is 55.1 Å². The zero-order chi connectivity index (χ0) is 14.0. The summed E-state index contributed by atoms with van der Waals surface area (Å²) in [6.45, 7) is 0. The van der Waals surface area contributed by atoms with Crippen molar-refractivity contribution in [2.75, 3.05) is 5.32 Å². The predicted octanol–water partition coefficient (Wildman–Crippen LogP) is 5.77. The molecule has 0 spiro atoms. The summed E-state index contributed by atoms with van der Waals surface area (Å²) in [5.74, 6) is -0.279. The lowest BCUT2D eigenvalue weighted by Crippen LogP contribution is -2.13. The van der Waals surface area contributed by atoms with Gasteiger partial charge in [0.1, 0.15) is 0 Å². The molecule has 0 aliphatic carbocycles. The molecule has 6 heteroatoms. The molecule has 0 radical (unpaired) electrons. The van der Waals surface area contributed by atoms with Crippen LogP contribution in [0.4, 0.5) is 5.69 Å². The van der Waals surface area contributed by atoms with E-state index in [-0.39, 0.29) is 5.91 Å². The normalized spacial score (nSPS) is 10.3. The fourth-order valence-electron chi connectivity index (χ4n) is 1.49. The summed E-state index contributed by atoms with van der Waals surface area (Å²) in [6, 6.07) is 10.5. The lowest BCUT2D eigenvalue weighted by atomic mass is 10.2. The highest BCUT2D eigenvalue weighted by Gasteiger charge is 2.14. The third-order valence-corrected chi connectivity index (χ3v) is 4.11. The van der Waals surface area contributed by atoms with E-state index in [0.717, 1.165) is 4.47 Å². The number of nitrogens with one attached hydrogen (secondary N) is 1. The van der Waals surface area contributed by atoms with E-state index in [1.54, 1.807) is 30.3 Å². The van der Waals surface area contributed by atoms with Crippen molar-refractivity contribution in [2.45, 2.75) is 0 Å². The Hall–Kier alpha value is -0.550. The van der Waals surface area contributed by atoms with E-state index in [1.807, 2.05) is 6.07 Å². The molecule has 0 heterocycles. The number of hydrogen-bond donors (Lipinski definition) is 1. The lowest BCUT2D eigenvalue weighted by molar-refractivity contribution is 0.102. The van der Waals surface area contributed by atoms with Gasteiger partial charge in [0.05, 0.1) is 21.3 Å². The molecular formula is C13H7Br2Cl2NO. The number of anilines is 1. The molecule has 98 valence electrons. The van der Waals surface area contributed by atoms with Gasteiger partial charge in [-0.05, 0) is 40.2 Å². The monoisotopic (exact) mass is 421 g/mol. The molecule has 0 saturated heterocycles. The highest BCUT2D eigenvalue weighted by atomic mass is 79.9. The highest BCUT2D eigenvalue weighted by Crippen LogP contribution is 2.34. The summed E-state index contributed by atoms with van der Waals surface area (Å²) in [5.41, 5.74) is 0.907. The van der Waals surface area contributed by atoms with Crippen molar-refractivity contribution in [3.63, 3.8) is 0 Å². The molecule has 19 heavy (non-hydrogen) atoms. The minimum absolute atomic E-state index is 0.279. The summed E-state index contributed by atoms with van der Waals surface area (Å²) in [5, 5.41) is 3.46. The Labute approximate surface area is 137 Å². The maximum Gasteiger partial charge on any atom is 0.256 e. The third-order valence-electron chi connectivity index (χ3n) is 2.36. The molecule has 0 atom stereocenters. The highest BCUT2D eigenvalue weighted by molar-refractivity contribution is 9.10. The van der Waals surface area contributed by atoms with Crippen LogP contribution in [0.5, 0.6) is 0 Å². The number of amides is 1. The van der Waals surface area contributed by atoms with Gasteiger partial charge in [0, 0.05) is 8.95 Å². The Morgan fingerprint density at radius 3 is 2.21 bits per heavy atom. The number of carbonyl (C=O) groups excluding carboxylic acids is 1. The SMILES string of the molecule is O=C(Nc1c(Cl)cc(Br)cc1Cl)c1ccccc1Br. The van der Waals surface area contributed by atoms with Crippen LogP contribution in [-0.2, 0) is 0 Å². The van der Waals surface area contributed by atoms with E-state index in [0.29, 0.717) is 25.8 Å². The zero-order valence-corrected chi connectivity index (χ0v) is 14.1. The van der Waals surface area contributed by atoms with Gasteiger partial charge in [0.15, 0.2) is 0 Å². The maximum absolute atomic E-state index is 12.2. The number of carbonyl (C=O) groups is 1. The molecule has 0 aromatic heterocycles. The second-order valence-corrected chi connectivity index (χ2v) is 6.26. The van der Waals surface area contributed by atoms with Crippen molar-refractivity contribution < 1.29 is 4.79 Å². The fourth-order valence-corrected chi connectivity index (χ4v) is 3.26. The Morgan fingerprint density at radius 2 is 1.63 bits per heavy atom. The molecule has 2 aromatic rings. The topological polar surface area (TPSA) is 29.1 Å². The zero-order valence-electron chi connectivity index (χ0n) is 9.38. The molecule has 2 aromatic carbocycles. The molecule has 0 aliphatic heterocycles. The molecular weight excluding hydrogens is 417 g/mol. The second kappa shape index (κ2) is 6.27. The van der Waals surface area contributed by atoms with Crippen LogP contribution in [-0.4, -0.2) is 5.91 Å². The van der Waals surface area contributed by atoms with Crippen molar-refractivity contribution >= 4 is 66.7 Å². The van der Waals surface area contributed by atoms with Crippen LogP contribution < -0.4 is 5.32 Å². The van der Waals surface area contributed by atoms with Gasteiger partial charge in [-0.25, -0.2) is 0 Å². The van der Waals surface area contributed by atoms with E-state index in [4.69, 9.17) is 23.2 Å². The Morgan fingerprint density at radius 1 is 1.05 bits per heavy atom. The van der Waals surface area contributed by atoms with Gasteiger partial charge >= 0.3 is 0 Å². The summed E-state index contributed by atoms with van der Waals surface area (Å²) >= 11 is 18.7. The van der Waals surface area contributed by atoms with Crippen molar-refractivity contribution in [1.82, 2.24) is 0 Å². The van der Waals surface area contributed by atoms with Gasteiger partial charge in [-0.2, -0.15) is 0 Å². The van der Waals surface area contributed by atoms with Crippen LogP contribution in [0.15, 0.2) is 45.3 Å². The van der Waals surface area contributed by atoms with Crippen LogP contribution in [0.25, 0.3) is 0 Å². The molecule has 0 bridgehead atoms. The van der Waals surface area contributed by atoms with Crippen LogP contribution in [0.3, 0.4) is 0 Å². The smallest absolute Gasteiger partial charge is 0.256 e. The van der Waals surface area contributed by atoms with Crippen molar-refractivity contribution in [3.8, 4) is 0 Å². The Kier molecular flexibility index (Phi) is 4.90. The molecule has 2 nitrogen and oxygen atoms in total. The van der Waals surface area contributed by atoms with Crippen molar-refractivity contribution in [2.24, 2.45) is 0 Å². The van der Waals surface area contributed by atoms with Crippen molar-refractivity contribution in [1.29, 1.82) is 0 Å². The van der Waals surface area contributed by atoms with Crippen molar-refractivity contribution in [3.05, 3.63) is 61.0 Å². The standard InChI is InChI=1S/C13H7Br2Cl2NO/c14-7-5-10(16)12(11(17)6-7)18-13(19)8-3-1-2-4-9(8)15/h1-6H,(H,18,19). The van der Waals surface area contributed by atoms with E-state index in [9.17, 15) is 4.79 Å². The number of rotatable bonds is 2. The largest absolute Gasteiger partial charge is 0.319 e. The Bertz CT molecular complexity index is 623. The molecule has 0 aliphatic rings. The van der Waals surface area contributed by atoms with Gasteiger partial charge in [-0.3, -0.25) is 4.79 Å². The molecule has 2 rings (SSSR count). The average molecular weight is 424 g/mol. The minimum Gasteiger partial charge on any atom is -0.319 e. The first-order valence-corrected chi connectivity index (χ1v) is 7.53. The fraction of sp³-hybridized carbons (Fsp3) is 0. The van der Waals surface area contributed by atoms with Gasteiger partial charge < -0.3 is 5.32 Å². The molecule has 0 saturated carbocycles. The minimum atomic E-state index is -0.279. The van der Waals surface area contributed by atoms with E-state index < -0.39 is 0 Å². The molecule has 0 unspecified atom stereocenters. The Balaban J connectivity index is 2.32. The maximum atomic E-state index is 12.2. The molecule has 1 N–H and O–H groups in total. The summed E-state index contributed by atoms with van der Waals surface area (Å²) in [6.07, 6.45) is 0. The quantitative estimate of drug-likeness (QED) is 0.652. The van der Waals surface area contributed by atoms with Gasteiger partial charge in [0.25, 0.3) is 5.91 Å². The summed E-state index contributed by atoms with van der Waals surface area (Å²) in [7, 11) is 0. The van der Waals surface area contributed by atoms with E-state index in [1.165, 1.54) is 0 Å². The number of hydrogen-bond acceptors (Lipinski definition) is 1. The number of halogens is 4. The van der Waals surface area contributed by atoms with Gasteiger partial charge in [-0.15, -0.1) is 0 Å². The third kappa shape index (κ3) is 3.51. The van der Waals surface area contributed by atoms with Gasteiger partial charge in [0.2, 0.25) is 0 Å². The molecule has 1 amide bonds.